The summed E-state index contributed by atoms with van der Waals surface area (Å²) in [4.78, 5) is 0. The molecule has 1 aromatic heterocycles. The Bertz CT molecular complexity index is 640. The van der Waals surface area contributed by atoms with Crippen LogP contribution in [0, 0.1) is 5.92 Å². The number of hydrogen-bond acceptors (Lipinski definition) is 4. The molecule has 1 saturated carbocycles. The van der Waals surface area contributed by atoms with Crippen molar-refractivity contribution >= 4 is 12.4 Å². The number of nitrogens with zero attached hydrogens (tertiary/aromatic N) is 2. The van der Waals surface area contributed by atoms with E-state index in [-0.39, 0.29) is 12.4 Å². The summed E-state index contributed by atoms with van der Waals surface area (Å²) in [5.41, 5.74) is 2.48. The Morgan fingerprint density at radius 3 is 2.85 bits per heavy atom. The first-order valence-corrected chi connectivity index (χ1v) is 9.53. The van der Waals surface area contributed by atoms with Gasteiger partial charge in [0.25, 0.3) is 0 Å². The van der Waals surface area contributed by atoms with Crippen LogP contribution in [-0.4, -0.2) is 48.2 Å². The highest BCUT2D eigenvalue weighted by Crippen LogP contribution is 2.29. The van der Waals surface area contributed by atoms with E-state index in [1.807, 2.05) is 23.1 Å². The summed E-state index contributed by atoms with van der Waals surface area (Å²) >= 11 is 0. The summed E-state index contributed by atoms with van der Waals surface area (Å²) in [5.74, 6) is 0.711. The molecule has 6 heteroatoms. The summed E-state index contributed by atoms with van der Waals surface area (Å²) in [7, 11) is 0. The normalized spacial score (nSPS) is 25.8. The van der Waals surface area contributed by atoms with E-state index in [9.17, 15) is 0 Å². The minimum absolute atomic E-state index is 0. The molecule has 0 amide bonds. The minimum Gasteiger partial charge on any atom is -0.379 e. The van der Waals surface area contributed by atoms with Crippen molar-refractivity contribution in [3.8, 4) is 5.69 Å². The molecule has 2 N–H and O–H groups in total. The molecule has 0 spiro atoms. The highest BCUT2D eigenvalue weighted by molar-refractivity contribution is 5.85. The second-order valence-electron chi connectivity index (χ2n) is 7.16. The largest absolute Gasteiger partial charge is 0.379 e. The highest BCUT2D eigenvalue weighted by Gasteiger charge is 2.34. The smallest absolute Gasteiger partial charge is 0.0645 e. The van der Waals surface area contributed by atoms with Crippen molar-refractivity contribution in [3.63, 3.8) is 0 Å². The van der Waals surface area contributed by atoms with Crippen molar-refractivity contribution in [1.82, 2.24) is 20.4 Å². The van der Waals surface area contributed by atoms with Gasteiger partial charge in [-0.25, -0.2) is 4.68 Å². The van der Waals surface area contributed by atoms with Crippen molar-refractivity contribution in [2.75, 3.05) is 26.3 Å². The van der Waals surface area contributed by atoms with Crippen molar-refractivity contribution < 1.29 is 4.74 Å². The second-order valence-corrected chi connectivity index (χ2v) is 7.16. The topological polar surface area (TPSA) is 51.1 Å². The Balaban J connectivity index is 0.00000196. The molecule has 1 aliphatic carbocycles. The van der Waals surface area contributed by atoms with Crippen molar-refractivity contribution in [3.05, 3.63) is 48.3 Å². The van der Waals surface area contributed by atoms with Crippen molar-refractivity contribution in [2.45, 2.75) is 37.8 Å². The first kappa shape index (κ1) is 19.4. The van der Waals surface area contributed by atoms with Gasteiger partial charge in [0.05, 0.1) is 18.9 Å². The van der Waals surface area contributed by atoms with E-state index < -0.39 is 0 Å². The van der Waals surface area contributed by atoms with Crippen LogP contribution in [-0.2, 0) is 11.2 Å². The van der Waals surface area contributed by atoms with E-state index >= 15 is 0 Å². The molecule has 2 fully saturated rings. The minimum atomic E-state index is 0. The lowest BCUT2D eigenvalue weighted by Gasteiger charge is -2.33. The number of nitrogens with one attached hydrogen (secondary N) is 2. The molecule has 4 rings (SSSR count). The maximum Gasteiger partial charge on any atom is 0.0645 e. The monoisotopic (exact) mass is 376 g/mol. The summed E-state index contributed by atoms with van der Waals surface area (Å²) in [5, 5.41) is 11.7. The summed E-state index contributed by atoms with van der Waals surface area (Å²) in [6.07, 6.45) is 8.79. The molecule has 0 radical (unpaired) electrons. The Morgan fingerprint density at radius 1 is 1.23 bits per heavy atom. The van der Waals surface area contributed by atoms with Gasteiger partial charge in [0.1, 0.15) is 0 Å². The predicted octanol–water partition coefficient (Wildman–Crippen LogP) is 2.58. The van der Waals surface area contributed by atoms with Gasteiger partial charge in [-0.3, -0.25) is 0 Å². The fraction of sp³-hybridized carbons (Fsp3) is 0.550. The quantitative estimate of drug-likeness (QED) is 0.813. The van der Waals surface area contributed by atoms with Crippen LogP contribution < -0.4 is 10.6 Å². The van der Waals surface area contributed by atoms with Gasteiger partial charge in [0.15, 0.2) is 0 Å². The van der Waals surface area contributed by atoms with Crippen LogP contribution in [0.1, 0.15) is 24.8 Å². The van der Waals surface area contributed by atoms with Crippen LogP contribution in [0.5, 0.6) is 0 Å². The van der Waals surface area contributed by atoms with Gasteiger partial charge in [-0.1, -0.05) is 18.6 Å². The van der Waals surface area contributed by atoms with Crippen LogP contribution in [0.4, 0.5) is 0 Å². The molecule has 26 heavy (non-hydrogen) atoms. The Morgan fingerprint density at radius 2 is 2.12 bits per heavy atom. The SMILES string of the molecule is Cl.c1cnn(-c2ccc(CCNC3CCCC3C3COCCN3)cc2)c1. The van der Waals surface area contributed by atoms with Gasteiger partial charge in [-0.2, -0.15) is 5.10 Å². The first-order chi connectivity index (χ1) is 12.4. The number of rotatable bonds is 6. The van der Waals surface area contributed by atoms with E-state index in [2.05, 4.69) is 40.0 Å². The van der Waals surface area contributed by atoms with Gasteiger partial charge in [0, 0.05) is 31.0 Å². The van der Waals surface area contributed by atoms with E-state index in [0.29, 0.717) is 18.0 Å². The van der Waals surface area contributed by atoms with Crippen LogP contribution >= 0.6 is 12.4 Å². The lowest BCUT2D eigenvalue weighted by atomic mass is 9.94. The van der Waals surface area contributed by atoms with E-state index in [0.717, 1.165) is 38.4 Å². The van der Waals surface area contributed by atoms with E-state index in [1.54, 1.807) is 0 Å². The lowest BCUT2D eigenvalue weighted by Crippen LogP contribution is -2.51. The summed E-state index contributed by atoms with van der Waals surface area (Å²) in [6, 6.07) is 11.8. The predicted molar refractivity (Wildman–Crippen MR) is 106 cm³/mol. The average molecular weight is 377 g/mol. The van der Waals surface area contributed by atoms with Gasteiger partial charge in [-0.05, 0) is 55.5 Å². The van der Waals surface area contributed by atoms with Crippen LogP contribution in [0.3, 0.4) is 0 Å². The molecule has 0 bridgehead atoms. The van der Waals surface area contributed by atoms with Crippen LogP contribution in [0.2, 0.25) is 0 Å². The standard InChI is InChI=1S/C20H28N4O.ClH/c1-3-18(20-15-25-14-12-22-20)19(4-1)21-11-9-16-5-7-17(8-6-16)24-13-2-10-23-24;/h2,5-8,10,13,18-22H,1,3-4,9,11-12,14-15H2;1H. The number of hydrogen-bond donors (Lipinski definition) is 2. The summed E-state index contributed by atoms with van der Waals surface area (Å²) in [6.45, 7) is 3.76. The molecule has 2 aliphatic rings. The third-order valence-corrected chi connectivity index (χ3v) is 5.56. The zero-order valence-corrected chi connectivity index (χ0v) is 16.0. The van der Waals surface area contributed by atoms with Crippen molar-refractivity contribution in [1.29, 1.82) is 0 Å². The molecular formula is C20H29ClN4O. The zero-order valence-electron chi connectivity index (χ0n) is 15.1. The Hall–Kier alpha value is -1.40. The lowest BCUT2D eigenvalue weighted by molar-refractivity contribution is 0.0526. The average Bonchev–Trinajstić information content (AvgIpc) is 3.35. The van der Waals surface area contributed by atoms with Crippen molar-refractivity contribution in [2.24, 2.45) is 5.92 Å². The van der Waals surface area contributed by atoms with Crippen LogP contribution in [0.15, 0.2) is 42.7 Å². The third-order valence-electron chi connectivity index (χ3n) is 5.56. The van der Waals surface area contributed by atoms with Crippen LogP contribution in [0.25, 0.3) is 5.69 Å². The Labute approximate surface area is 161 Å². The number of benzene rings is 1. The molecule has 5 nitrogen and oxygen atoms in total. The van der Waals surface area contributed by atoms with Gasteiger partial charge in [0.2, 0.25) is 0 Å². The van der Waals surface area contributed by atoms with Gasteiger partial charge in [-0.15, -0.1) is 12.4 Å². The number of aromatic nitrogens is 2. The molecular weight excluding hydrogens is 348 g/mol. The molecule has 3 atom stereocenters. The molecule has 1 saturated heterocycles. The summed E-state index contributed by atoms with van der Waals surface area (Å²) < 4.78 is 7.55. The fourth-order valence-corrected chi connectivity index (χ4v) is 4.22. The molecule has 1 aliphatic heterocycles. The number of ether oxygens (including phenoxy) is 1. The number of halogens is 1. The highest BCUT2D eigenvalue weighted by atomic mass is 35.5. The number of morpholine rings is 1. The third kappa shape index (κ3) is 4.65. The fourth-order valence-electron chi connectivity index (χ4n) is 4.22. The second kappa shape index (κ2) is 9.51. The maximum atomic E-state index is 5.66. The first-order valence-electron chi connectivity index (χ1n) is 9.53. The maximum absolute atomic E-state index is 5.66. The molecule has 2 heterocycles. The molecule has 3 unspecified atom stereocenters. The molecule has 142 valence electrons. The van der Waals surface area contributed by atoms with E-state index in [4.69, 9.17) is 4.74 Å². The molecule has 1 aromatic carbocycles. The van der Waals surface area contributed by atoms with Gasteiger partial charge < -0.3 is 15.4 Å². The Kier molecular flexibility index (Phi) is 7.08. The van der Waals surface area contributed by atoms with E-state index in [1.165, 1.54) is 24.8 Å². The zero-order chi connectivity index (χ0) is 16.9. The molecule has 2 aromatic rings. The van der Waals surface area contributed by atoms with Gasteiger partial charge >= 0.3 is 0 Å².